The summed E-state index contributed by atoms with van der Waals surface area (Å²) in [6, 6.07) is 2.27. The number of hydrogen-bond donors (Lipinski definition) is 0. The number of carbonyl (C=O) groups is 1. The number of rotatable bonds is 1. The van der Waals surface area contributed by atoms with E-state index in [1.807, 2.05) is 4.90 Å². The molecule has 2 aliphatic rings. The molecule has 1 heterocycles. The maximum absolute atomic E-state index is 11.6. The Morgan fingerprint density at radius 1 is 1.23 bits per heavy atom. The molecular formula is C10H14N2O. The van der Waals surface area contributed by atoms with Crippen LogP contribution >= 0.6 is 0 Å². The van der Waals surface area contributed by atoms with E-state index in [0.29, 0.717) is 11.8 Å². The van der Waals surface area contributed by atoms with Crippen LogP contribution < -0.4 is 0 Å². The Kier molecular flexibility index (Phi) is 2.22. The Balaban J connectivity index is 1.84. The molecule has 70 valence electrons. The van der Waals surface area contributed by atoms with E-state index >= 15 is 0 Å². The van der Waals surface area contributed by atoms with Gasteiger partial charge in [-0.25, -0.2) is 0 Å². The lowest BCUT2D eigenvalue weighted by Crippen LogP contribution is -2.39. The maximum Gasteiger partial charge on any atom is 0.225 e. The molecule has 0 aromatic carbocycles. The molecule has 2 fully saturated rings. The first-order chi connectivity index (χ1) is 6.31. The molecule has 3 heteroatoms. The van der Waals surface area contributed by atoms with Crippen LogP contribution in [0.25, 0.3) is 0 Å². The quantitative estimate of drug-likeness (QED) is 0.604. The van der Waals surface area contributed by atoms with Crippen molar-refractivity contribution in [2.24, 2.45) is 11.8 Å². The largest absolute Gasteiger partial charge is 0.342 e. The summed E-state index contributed by atoms with van der Waals surface area (Å²) in [5, 5.41) is 8.68. The zero-order valence-electron chi connectivity index (χ0n) is 7.70. The van der Waals surface area contributed by atoms with Crippen molar-refractivity contribution in [3.8, 4) is 6.07 Å². The van der Waals surface area contributed by atoms with Gasteiger partial charge in [0.1, 0.15) is 0 Å². The van der Waals surface area contributed by atoms with E-state index in [-0.39, 0.29) is 5.92 Å². The molecule has 0 N–H and O–H groups in total. The molecule has 0 spiro atoms. The predicted octanol–water partition coefficient (Wildman–Crippen LogP) is 1.16. The first-order valence-electron chi connectivity index (χ1n) is 4.99. The van der Waals surface area contributed by atoms with Crippen LogP contribution in [0.4, 0.5) is 0 Å². The number of hydrogen-bond acceptors (Lipinski definition) is 2. The van der Waals surface area contributed by atoms with Gasteiger partial charge >= 0.3 is 0 Å². The average Bonchev–Trinajstić information content (AvgIpc) is 3.00. The average molecular weight is 178 g/mol. The number of nitrogens with zero attached hydrogens (tertiary/aromatic N) is 2. The minimum absolute atomic E-state index is 0.184. The van der Waals surface area contributed by atoms with Gasteiger partial charge in [-0.1, -0.05) is 0 Å². The molecule has 0 bridgehead atoms. The normalized spacial score (nSPS) is 24.1. The van der Waals surface area contributed by atoms with Gasteiger partial charge in [0.2, 0.25) is 5.91 Å². The van der Waals surface area contributed by atoms with Crippen LogP contribution in [-0.4, -0.2) is 23.9 Å². The molecule has 2 rings (SSSR count). The molecule has 1 saturated heterocycles. The highest BCUT2D eigenvalue weighted by Gasteiger charge is 2.34. The third-order valence-corrected chi connectivity index (χ3v) is 2.92. The Morgan fingerprint density at radius 3 is 2.31 bits per heavy atom. The number of nitriles is 1. The molecule has 1 saturated carbocycles. The summed E-state index contributed by atoms with van der Waals surface area (Å²) in [6.07, 6.45) is 3.90. The third-order valence-electron chi connectivity index (χ3n) is 2.92. The van der Waals surface area contributed by atoms with Crippen LogP contribution in [-0.2, 0) is 4.79 Å². The van der Waals surface area contributed by atoms with Gasteiger partial charge in [-0.15, -0.1) is 0 Å². The molecular weight excluding hydrogens is 164 g/mol. The second-order valence-corrected chi connectivity index (χ2v) is 4.00. The first kappa shape index (κ1) is 8.55. The highest BCUT2D eigenvalue weighted by atomic mass is 16.2. The van der Waals surface area contributed by atoms with E-state index in [1.165, 1.54) is 0 Å². The molecule has 0 aromatic heterocycles. The zero-order chi connectivity index (χ0) is 9.26. The molecule has 3 nitrogen and oxygen atoms in total. The summed E-state index contributed by atoms with van der Waals surface area (Å²) >= 11 is 0. The summed E-state index contributed by atoms with van der Waals surface area (Å²) in [5.74, 6) is 0.846. The molecule has 1 aliphatic heterocycles. The number of likely N-dealkylation sites (tertiary alicyclic amines) is 1. The molecule has 1 amide bonds. The minimum atomic E-state index is 0.184. The maximum atomic E-state index is 11.6. The lowest BCUT2D eigenvalue weighted by atomic mass is 9.98. The lowest BCUT2D eigenvalue weighted by molar-refractivity contribution is -0.133. The van der Waals surface area contributed by atoms with Crippen LogP contribution in [0.2, 0.25) is 0 Å². The van der Waals surface area contributed by atoms with Crippen molar-refractivity contribution >= 4 is 5.91 Å². The highest BCUT2D eigenvalue weighted by Crippen LogP contribution is 2.32. The van der Waals surface area contributed by atoms with Crippen molar-refractivity contribution in [2.45, 2.75) is 25.7 Å². The Morgan fingerprint density at radius 2 is 1.85 bits per heavy atom. The van der Waals surface area contributed by atoms with E-state index in [4.69, 9.17) is 5.26 Å². The molecule has 1 aliphatic carbocycles. The van der Waals surface area contributed by atoms with Crippen molar-refractivity contribution in [1.29, 1.82) is 5.26 Å². The molecule has 0 radical (unpaired) electrons. The van der Waals surface area contributed by atoms with Gasteiger partial charge in [-0.2, -0.15) is 5.26 Å². The van der Waals surface area contributed by atoms with E-state index < -0.39 is 0 Å². The smallest absolute Gasteiger partial charge is 0.225 e. The van der Waals surface area contributed by atoms with E-state index in [9.17, 15) is 4.79 Å². The van der Waals surface area contributed by atoms with Gasteiger partial charge < -0.3 is 4.90 Å². The van der Waals surface area contributed by atoms with Crippen LogP contribution in [0.1, 0.15) is 25.7 Å². The standard InChI is InChI=1S/C10H14N2O/c11-7-8-3-5-12(6-4-8)10(13)9-1-2-9/h8-9H,1-6H2. The number of carbonyl (C=O) groups excluding carboxylic acids is 1. The monoisotopic (exact) mass is 178 g/mol. The minimum Gasteiger partial charge on any atom is -0.342 e. The fourth-order valence-electron chi connectivity index (χ4n) is 1.82. The van der Waals surface area contributed by atoms with E-state index in [1.54, 1.807) is 0 Å². The lowest BCUT2D eigenvalue weighted by Gasteiger charge is -2.29. The first-order valence-corrected chi connectivity index (χ1v) is 4.99. The Hall–Kier alpha value is -1.04. The summed E-state index contributed by atoms with van der Waals surface area (Å²) in [6.45, 7) is 1.60. The number of amides is 1. The topological polar surface area (TPSA) is 44.1 Å². The Bertz CT molecular complexity index is 244. The summed E-state index contributed by atoms with van der Waals surface area (Å²) < 4.78 is 0. The van der Waals surface area contributed by atoms with Crippen molar-refractivity contribution in [1.82, 2.24) is 4.90 Å². The van der Waals surface area contributed by atoms with E-state index in [0.717, 1.165) is 38.8 Å². The molecule has 13 heavy (non-hydrogen) atoms. The SMILES string of the molecule is N#CC1CCN(C(=O)C2CC2)CC1. The fraction of sp³-hybridized carbons (Fsp3) is 0.800. The fourth-order valence-corrected chi connectivity index (χ4v) is 1.82. The zero-order valence-corrected chi connectivity index (χ0v) is 7.70. The second-order valence-electron chi connectivity index (χ2n) is 4.00. The van der Waals surface area contributed by atoms with Gasteiger partial charge in [0.25, 0.3) is 0 Å². The van der Waals surface area contributed by atoms with Gasteiger partial charge in [0, 0.05) is 24.9 Å². The van der Waals surface area contributed by atoms with Crippen molar-refractivity contribution in [2.75, 3.05) is 13.1 Å². The van der Waals surface area contributed by atoms with Gasteiger partial charge in [0.15, 0.2) is 0 Å². The van der Waals surface area contributed by atoms with Gasteiger partial charge in [-0.3, -0.25) is 4.79 Å². The molecule has 0 atom stereocenters. The van der Waals surface area contributed by atoms with Crippen molar-refractivity contribution in [3.05, 3.63) is 0 Å². The van der Waals surface area contributed by atoms with Crippen LogP contribution in [0.5, 0.6) is 0 Å². The number of piperidine rings is 1. The third kappa shape index (κ3) is 1.82. The summed E-state index contributed by atoms with van der Waals surface area (Å²) in [4.78, 5) is 13.5. The summed E-state index contributed by atoms with van der Waals surface area (Å²) in [7, 11) is 0. The van der Waals surface area contributed by atoms with Crippen LogP contribution in [0, 0.1) is 23.2 Å². The van der Waals surface area contributed by atoms with Gasteiger partial charge in [0.05, 0.1) is 6.07 Å². The molecule has 0 unspecified atom stereocenters. The molecule has 0 aromatic rings. The van der Waals surface area contributed by atoms with Crippen LogP contribution in [0.15, 0.2) is 0 Å². The summed E-state index contributed by atoms with van der Waals surface area (Å²) in [5.41, 5.74) is 0. The second kappa shape index (κ2) is 3.37. The highest BCUT2D eigenvalue weighted by molar-refractivity contribution is 5.81. The van der Waals surface area contributed by atoms with Crippen molar-refractivity contribution < 1.29 is 4.79 Å². The van der Waals surface area contributed by atoms with Crippen LogP contribution in [0.3, 0.4) is 0 Å². The predicted molar refractivity (Wildman–Crippen MR) is 47.6 cm³/mol. The van der Waals surface area contributed by atoms with E-state index in [2.05, 4.69) is 6.07 Å². The Labute approximate surface area is 78.3 Å². The van der Waals surface area contributed by atoms with Crippen molar-refractivity contribution in [3.63, 3.8) is 0 Å². The van der Waals surface area contributed by atoms with Gasteiger partial charge in [-0.05, 0) is 25.7 Å².